The summed E-state index contributed by atoms with van der Waals surface area (Å²) in [4.78, 5) is 39.4. The van der Waals surface area contributed by atoms with E-state index in [1.807, 2.05) is 20.8 Å². The summed E-state index contributed by atoms with van der Waals surface area (Å²) in [6, 6.07) is -1.27. The molecule has 0 aromatic rings. The summed E-state index contributed by atoms with van der Waals surface area (Å²) in [5, 5.41) is 9.19. The van der Waals surface area contributed by atoms with Gasteiger partial charge in [-0.15, -0.1) is 11.8 Å². The van der Waals surface area contributed by atoms with Gasteiger partial charge in [-0.1, -0.05) is 20.8 Å². The molecule has 1 N–H and O–H groups in total. The predicted molar refractivity (Wildman–Crippen MR) is 79.8 cm³/mol. The van der Waals surface area contributed by atoms with Crippen LogP contribution in [-0.4, -0.2) is 62.9 Å². The van der Waals surface area contributed by atoms with E-state index < -0.39 is 23.5 Å². The molecule has 2 aliphatic rings. The van der Waals surface area contributed by atoms with Gasteiger partial charge in [0.15, 0.2) is 0 Å². The van der Waals surface area contributed by atoms with Crippen LogP contribution in [0.4, 0.5) is 0 Å². The Labute approximate surface area is 128 Å². The average molecular weight is 314 g/mol. The van der Waals surface area contributed by atoms with E-state index in [1.165, 1.54) is 16.7 Å². The van der Waals surface area contributed by atoms with E-state index in [0.717, 1.165) is 6.42 Å². The monoisotopic (exact) mass is 314 g/mol. The lowest BCUT2D eigenvalue weighted by Crippen LogP contribution is -2.53. The van der Waals surface area contributed by atoms with Crippen molar-refractivity contribution >= 4 is 29.5 Å². The first-order valence-electron chi connectivity index (χ1n) is 7.15. The van der Waals surface area contributed by atoms with E-state index in [2.05, 4.69) is 0 Å². The van der Waals surface area contributed by atoms with Crippen LogP contribution in [0.1, 0.15) is 33.6 Å². The Hall–Kier alpha value is -1.24. The van der Waals surface area contributed by atoms with Crippen molar-refractivity contribution in [1.82, 2.24) is 9.80 Å². The van der Waals surface area contributed by atoms with Gasteiger partial charge in [-0.25, -0.2) is 4.79 Å². The van der Waals surface area contributed by atoms with E-state index in [9.17, 15) is 19.5 Å². The number of carboxylic acids is 1. The van der Waals surface area contributed by atoms with Gasteiger partial charge in [0.1, 0.15) is 12.1 Å². The highest BCUT2D eigenvalue weighted by Crippen LogP contribution is 2.29. The molecular formula is C14H22N2O4S. The topological polar surface area (TPSA) is 77.9 Å². The van der Waals surface area contributed by atoms with Crippen LogP contribution < -0.4 is 0 Å². The van der Waals surface area contributed by atoms with Crippen molar-refractivity contribution in [3.63, 3.8) is 0 Å². The molecule has 0 aliphatic carbocycles. The largest absolute Gasteiger partial charge is 0.480 e. The van der Waals surface area contributed by atoms with Gasteiger partial charge in [-0.3, -0.25) is 9.59 Å². The molecule has 21 heavy (non-hydrogen) atoms. The van der Waals surface area contributed by atoms with E-state index in [0.29, 0.717) is 24.6 Å². The normalized spacial score (nSPS) is 26.2. The highest BCUT2D eigenvalue weighted by molar-refractivity contribution is 7.99. The number of hydrogen-bond acceptors (Lipinski definition) is 4. The quantitative estimate of drug-likeness (QED) is 0.823. The van der Waals surface area contributed by atoms with Crippen molar-refractivity contribution in [3.05, 3.63) is 0 Å². The minimum absolute atomic E-state index is 0.0444. The zero-order chi connectivity index (χ0) is 15.8. The first-order valence-corrected chi connectivity index (χ1v) is 8.31. The van der Waals surface area contributed by atoms with E-state index in [4.69, 9.17) is 0 Å². The van der Waals surface area contributed by atoms with Crippen molar-refractivity contribution in [3.8, 4) is 0 Å². The Kier molecular flexibility index (Phi) is 4.51. The molecular weight excluding hydrogens is 292 g/mol. The van der Waals surface area contributed by atoms with Gasteiger partial charge in [0.25, 0.3) is 0 Å². The highest BCUT2D eigenvalue weighted by Gasteiger charge is 2.44. The molecule has 118 valence electrons. The van der Waals surface area contributed by atoms with Gasteiger partial charge in [0.2, 0.25) is 11.8 Å². The van der Waals surface area contributed by atoms with E-state index in [1.54, 1.807) is 4.90 Å². The van der Waals surface area contributed by atoms with Crippen LogP contribution in [0.3, 0.4) is 0 Å². The van der Waals surface area contributed by atoms with Crippen LogP contribution in [-0.2, 0) is 14.4 Å². The summed E-state index contributed by atoms with van der Waals surface area (Å²) in [5.41, 5.74) is -0.533. The molecule has 0 aromatic heterocycles. The molecule has 0 aromatic carbocycles. The number of amides is 2. The van der Waals surface area contributed by atoms with Crippen LogP contribution in [0.2, 0.25) is 0 Å². The zero-order valence-electron chi connectivity index (χ0n) is 12.7. The summed E-state index contributed by atoms with van der Waals surface area (Å²) in [5.74, 6) is -0.426. The summed E-state index contributed by atoms with van der Waals surface area (Å²) in [6.07, 6.45) is 1.41. The van der Waals surface area contributed by atoms with Gasteiger partial charge >= 0.3 is 5.97 Å². The number of nitrogens with zero attached hydrogens (tertiary/aromatic N) is 2. The molecule has 2 fully saturated rings. The summed E-state index contributed by atoms with van der Waals surface area (Å²) in [7, 11) is 0. The van der Waals surface area contributed by atoms with Gasteiger partial charge < -0.3 is 14.9 Å². The molecule has 0 saturated carbocycles. The lowest BCUT2D eigenvalue weighted by molar-refractivity contribution is -0.153. The maximum Gasteiger partial charge on any atom is 0.327 e. The third kappa shape index (κ3) is 3.17. The average Bonchev–Trinajstić information content (AvgIpc) is 3.04. The van der Waals surface area contributed by atoms with Crippen molar-refractivity contribution < 1.29 is 19.5 Å². The fourth-order valence-corrected chi connectivity index (χ4v) is 3.91. The van der Waals surface area contributed by atoms with Gasteiger partial charge in [-0.2, -0.15) is 0 Å². The zero-order valence-corrected chi connectivity index (χ0v) is 13.5. The standard InChI is InChI=1S/C14H22N2O4S/c1-14(2,3)13(20)15-6-4-5-9(15)11(17)16-8-21-7-10(16)12(18)19/h9-10H,4-8H2,1-3H3,(H,18,19). The summed E-state index contributed by atoms with van der Waals surface area (Å²) in [6.45, 7) is 6.08. The molecule has 0 spiro atoms. The fourth-order valence-electron chi connectivity index (χ4n) is 2.75. The lowest BCUT2D eigenvalue weighted by Gasteiger charge is -2.33. The third-order valence-corrected chi connectivity index (χ3v) is 4.90. The van der Waals surface area contributed by atoms with Gasteiger partial charge in [0.05, 0.1) is 5.88 Å². The molecule has 6 nitrogen and oxygen atoms in total. The van der Waals surface area contributed by atoms with Crippen molar-refractivity contribution in [2.45, 2.75) is 45.7 Å². The number of rotatable bonds is 2. The first kappa shape index (κ1) is 16.1. The maximum atomic E-state index is 12.7. The van der Waals surface area contributed by atoms with Crippen LogP contribution >= 0.6 is 11.8 Å². The molecule has 2 rings (SSSR count). The van der Waals surface area contributed by atoms with Crippen LogP contribution in [0, 0.1) is 5.41 Å². The minimum atomic E-state index is -0.972. The number of carboxylic acid groups (broad SMARTS) is 1. The number of thioether (sulfide) groups is 1. The van der Waals surface area contributed by atoms with Gasteiger partial charge in [-0.05, 0) is 12.8 Å². The Morgan fingerprint density at radius 1 is 1.14 bits per heavy atom. The molecule has 2 saturated heterocycles. The number of aliphatic carboxylic acids is 1. The summed E-state index contributed by atoms with van der Waals surface area (Å²) < 4.78 is 0. The molecule has 2 atom stereocenters. The highest BCUT2D eigenvalue weighted by atomic mass is 32.2. The SMILES string of the molecule is CC(C)(C)C(=O)N1CCCC1C(=O)N1CSCC1C(=O)O. The number of likely N-dealkylation sites (tertiary alicyclic amines) is 1. The van der Waals surface area contributed by atoms with Crippen molar-refractivity contribution in [2.24, 2.45) is 5.41 Å². The van der Waals surface area contributed by atoms with Gasteiger partial charge in [0, 0.05) is 17.7 Å². The maximum absolute atomic E-state index is 12.7. The number of carbonyl (C=O) groups excluding carboxylic acids is 2. The van der Waals surface area contributed by atoms with Crippen molar-refractivity contribution in [2.75, 3.05) is 18.2 Å². The number of carbonyl (C=O) groups is 3. The Balaban J connectivity index is 2.14. The fraction of sp³-hybridized carbons (Fsp3) is 0.786. The Bertz CT molecular complexity index is 460. The smallest absolute Gasteiger partial charge is 0.327 e. The van der Waals surface area contributed by atoms with Crippen LogP contribution in [0.5, 0.6) is 0 Å². The molecule has 0 radical (unpaired) electrons. The minimum Gasteiger partial charge on any atom is -0.480 e. The molecule has 2 amide bonds. The first-order chi connectivity index (χ1) is 9.73. The van der Waals surface area contributed by atoms with Crippen LogP contribution in [0.15, 0.2) is 0 Å². The summed E-state index contributed by atoms with van der Waals surface area (Å²) >= 11 is 1.44. The third-order valence-electron chi connectivity index (χ3n) is 3.89. The molecule has 7 heteroatoms. The molecule has 2 heterocycles. The lowest BCUT2D eigenvalue weighted by atomic mass is 9.94. The molecule has 2 unspecified atom stereocenters. The number of hydrogen-bond donors (Lipinski definition) is 1. The van der Waals surface area contributed by atoms with Crippen LogP contribution in [0.25, 0.3) is 0 Å². The molecule has 0 bridgehead atoms. The second-order valence-electron chi connectivity index (χ2n) is 6.57. The molecule has 2 aliphatic heterocycles. The Morgan fingerprint density at radius 2 is 1.81 bits per heavy atom. The van der Waals surface area contributed by atoms with E-state index in [-0.39, 0.29) is 11.8 Å². The van der Waals surface area contributed by atoms with Crippen molar-refractivity contribution in [1.29, 1.82) is 0 Å². The second-order valence-corrected chi connectivity index (χ2v) is 7.57. The van der Waals surface area contributed by atoms with E-state index >= 15 is 0 Å². The Morgan fingerprint density at radius 3 is 2.38 bits per heavy atom. The predicted octanol–water partition coefficient (Wildman–Crippen LogP) is 1.01. The second kappa shape index (κ2) is 5.87.